The zero-order chi connectivity index (χ0) is 19.8. The van der Waals surface area contributed by atoms with E-state index in [1.807, 2.05) is 67.6 Å². The molecule has 0 radical (unpaired) electrons. The van der Waals surface area contributed by atoms with Crippen LogP contribution in [-0.4, -0.2) is 18.3 Å². The van der Waals surface area contributed by atoms with Crippen molar-refractivity contribution in [1.82, 2.24) is 4.98 Å². The van der Waals surface area contributed by atoms with Crippen molar-refractivity contribution in [2.75, 3.05) is 12.5 Å². The van der Waals surface area contributed by atoms with E-state index in [2.05, 4.69) is 21.6 Å². The zero-order valence-corrected chi connectivity index (χ0v) is 15.7. The molecule has 0 saturated carbocycles. The van der Waals surface area contributed by atoms with Crippen LogP contribution in [-0.2, 0) is 11.3 Å². The molecule has 0 bridgehead atoms. The first-order valence-corrected chi connectivity index (χ1v) is 8.71. The number of aryl methyl sites for hydroxylation is 1. The molecule has 1 heterocycles. The molecule has 0 aliphatic heterocycles. The Morgan fingerprint density at radius 2 is 1.89 bits per heavy atom. The Labute approximate surface area is 164 Å². The minimum Gasteiger partial charge on any atom is -0.457 e. The van der Waals surface area contributed by atoms with Crippen LogP contribution in [0.2, 0.25) is 0 Å². The van der Waals surface area contributed by atoms with Crippen LogP contribution in [0.25, 0.3) is 0 Å². The fraction of sp³-hybridized carbons (Fsp3) is 0.136. The third-order valence-electron chi connectivity index (χ3n) is 3.86. The lowest BCUT2D eigenvalue weighted by atomic mass is 10.1. The molecule has 3 rings (SSSR count). The van der Waals surface area contributed by atoms with Crippen molar-refractivity contribution in [2.24, 2.45) is 5.10 Å². The van der Waals surface area contributed by atoms with Gasteiger partial charge in [0.2, 0.25) is 0 Å². The molecule has 3 aromatic rings. The fourth-order valence-corrected chi connectivity index (χ4v) is 2.67. The Hall–Kier alpha value is -3.69. The van der Waals surface area contributed by atoms with Crippen LogP contribution in [0.4, 0.5) is 5.82 Å². The first-order valence-electron chi connectivity index (χ1n) is 8.71. The molecule has 0 spiro atoms. The molecule has 0 unspecified atom stereocenters. The van der Waals surface area contributed by atoms with Gasteiger partial charge in [0, 0.05) is 18.4 Å². The summed E-state index contributed by atoms with van der Waals surface area (Å²) in [6, 6.07) is 21.1. The number of hydrogen-bond acceptors (Lipinski definition) is 6. The summed E-state index contributed by atoms with van der Waals surface area (Å²) in [5.74, 6) is 1.88. The molecule has 0 aliphatic rings. The number of anilines is 1. The van der Waals surface area contributed by atoms with E-state index in [4.69, 9.17) is 9.47 Å². The second-order valence-electron chi connectivity index (χ2n) is 6.05. The smallest absolute Gasteiger partial charge is 0.164 e. The van der Waals surface area contributed by atoms with Crippen LogP contribution in [0.1, 0.15) is 22.4 Å². The van der Waals surface area contributed by atoms with E-state index in [0.29, 0.717) is 23.7 Å². The molecule has 0 aliphatic carbocycles. The Bertz CT molecular complexity index is 1010. The average Bonchev–Trinajstić information content (AvgIpc) is 2.69. The summed E-state index contributed by atoms with van der Waals surface area (Å²) in [7, 11) is 1.59. The standard InChI is InChI=1S/C22H20N4O2/c1-16-11-18(15-27-2)21(13-23)22(25-16)26-24-14-17-7-6-10-20(12-17)28-19-8-4-3-5-9-19/h3-12,14H,15H2,1-2H3,(H,25,26)/b24-14-. The number of nitrogens with zero attached hydrogens (tertiary/aromatic N) is 3. The van der Waals surface area contributed by atoms with Crippen molar-refractivity contribution >= 4 is 12.0 Å². The number of benzene rings is 2. The average molecular weight is 372 g/mol. The molecule has 6 nitrogen and oxygen atoms in total. The molecule has 0 fully saturated rings. The third-order valence-corrected chi connectivity index (χ3v) is 3.86. The van der Waals surface area contributed by atoms with Gasteiger partial charge in [-0.1, -0.05) is 30.3 Å². The molecule has 140 valence electrons. The van der Waals surface area contributed by atoms with Gasteiger partial charge in [0.05, 0.1) is 12.8 Å². The predicted molar refractivity (Wildman–Crippen MR) is 109 cm³/mol. The van der Waals surface area contributed by atoms with E-state index < -0.39 is 0 Å². The number of ether oxygens (including phenoxy) is 2. The highest BCUT2D eigenvalue weighted by Crippen LogP contribution is 2.22. The Morgan fingerprint density at radius 3 is 2.64 bits per heavy atom. The topological polar surface area (TPSA) is 79.5 Å². The van der Waals surface area contributed by atoms with Gasteiger partial charge in [0.15, 0.2) is 5.82 Å². The number of hydrazone groups is 1. The quantitative estimate of drug-likeness (QED) is 0.482. The van der Waals surface area contributed by atoms with Crippen LogP contribution in [0.5, 0.6) is 11.5 Å². The number of para-hydroxylation sites is 1. The predicted octanol–water partition coefficient (Wildman–Crippen LogP) is 4.65. The van der Waals surface area contributed by atoms with Crippen molar-refractivity contribution in [3.8, 4) is 17.6 Å². The molecular formula is C22H20N4O2. The summed E-state index contributed by atoms with van der Waals surface area (Å²) >= 11 is 0. The van der Waals surface area contributed by atoms with Gasteiger partial charge in [-0.15, -0.1) is 0 Å². The van der Waals surface area contributed by atoms with Gasteiger partial charge in [0.1, 0.15) is 23.1 Å². The summed E-state index contributed by atoms with van der Waals surface area (Å²) in [5, 5.41) is 13.7. The van der Waals surface area contributed by atoms with E-state index in [1.165, 1.54) is 0 Å². The third kappa shape index (κ3) is 4.93. The number of pyridine rings is 1. The Morgan fingerprint density at radius 1 is 1.11 bits per heavy atom. The summed E-state index contributed by atoms with van der Waals surface area (Å²) in [5.41, 5.74) is 5.69. The molecule has 28 heavy (non-hydrogen) atoms. The van der Waals surface area contributed by atoms with E-state index >= 15 is 0 Å². The first kappa shape index (κ1) is 19.1. The highest BCUT2D eigenvalue weighted by molar-refractivity contribution is 5.81. The van der Waals surface area contributed by atoms with Gasteiger partial charge in [-0.05, 0) is 42.8 Å². The first-order chi connectivity index (χ1) is 13.7. The number of hydrogen-bond donors (Lipinski definition) is 1. The van der Waals surface area contributed by atoms with Gasteiger partial charge in [0.25, 0.3) is 0 Å². The van der Waals surface area contributed by atoms with Crippen molar-refractivity contribution in [1.29, 1.82) is 5.26 Å². The van der Waals surface area contributed by atoms with Gasteiger partial charge in [-0.2, -0.15) is 10.4 Å². The van der Waals surface area contributed by atoms with Crippen LogP contribution in [0, 0.1) is 18.3 Å². The summed E-state index contributed by atoms with van der Waals surface area (Å²) < 4.78 is 11.0. The summed E-state index contributed by atoms with van der Waals surface area (Å²) in [4.78, 5) is 4.36. The van der Waals surface area contributed by atoms with Crippen molar-refractivity contribution in [3.05, 3.63) is 83.0 Å². The van der Waals surface area contributed by atoms with Crippen molar-refractivity contribution in [2.45, 2.75) is 13.5 Å². The maximum Gasteiger partial charge on any atom is 0.164 e. The second kappa shape index (κ2) is 9.31. The molecule has 0 amide bonds. The molecule has 0 saturated heterocycles. The van der Waals surface area contributed by atoms with Gasteiger partial charge < -0.3 is 9.47 Å². The number of nitrogens with one attached hydrogen (secondary N) is 1. The van der Waals surface area contributed by atoms with Crippen molar-refractivity contribution < 1.29 is 9.47 Å². The minimum absolute atomic E-state index is 0.337. The Kier molecular flexibility index (Phi) is 6.34. The minimum atomic E-state index is 0.337. The van der Waals surface area contributed by atoms with Crippen LogP contribution >= 0.6 is 0 Å². The maximum absolute atomic E-state index is 9.46. The fourth-order valence-electron chi connectivity index (χ4n) is 2.67. The van der Waals surface area contributed by atoms with Gasteiger partial charge >= 0.3 is 0 Å². The van der Waals surface area contributed by atoms with Crippen LogP contribution in [0.3, 0.4) is 0 Å². The monoisotopic (exact) mass is 372 g/mol. The summed E-state index contributed by atoms with van der Waals surface area (Å²) in [6.45, 7) is 2.20. The largest absolute Gasteiger partial charge is 0.457 e. The molecule has 6 heteroatoms. The number of methoxy groups -OCH3 is 1. The van der Waals surface area contributed by atoms with E-state index in [0.717, 1.165) is 22.6 Å². The number of rotatable bonds is 7. The normalized spacial score (nSPS) is 10.6. The van der Waals surface area contributed by atoms with Gasteiger partial charge in [-0.25, -0.2) is 4.98 Å². The van der Waals surface area contributed by atoms with Crippen LogP contribution in [0.15, 0.2) is 65.8 Å². The van der Waals surface area contributed by atoms with Crippen LogP contribution < -0.4 is 10.2 Å². The van der Waals surface area contributed by atoms with Gasteiger partial charge in [-0.3, -0.25) is 5.43 Å². The second-order valence-corrected chi connectivity index (χ2v) is 6.05. The lowest BCUT2D eigenvalue weighted by molar-refractivity contribution is 0.184. The lowest BCUT2D eigenvalue weighted by Crippen LogP contribution is -2.03. The van der Waals surface area contributed by atoms with E-state index in [-0.39, 0.29) is 0 Å². The molecule has 2 aromatic carbocycles. The highest BCUT2D eigenvalue weighted by atomic mass is 16.5. The molecule has 1 aromatic heterocycles. The SMILES string of the molecule is COCc1cc(C)nc(N/N=C\c2cccc(Oc3ccccc3)c2)c1C#N. The van der Waals surface area contributed by atoms with E-state index in [1.54, 1.807) is 13.3 Å². The van der Waals surface area contributed by atoms with Crippen molar-refractivity contribution in [3.63, 3.8) is 0 Å². The Balaban J connectivity index is 1.75. The zero-order valence-electron chi connectivity index (χ0n) is 15.7. The maximum atomic E-state index is 9.46. The molecular weight excluding hydrogens is 352 g/mol. The molecule has 1 N–H and O–H groups in total. The number of aromatic nitrogens is 1. The lowest BCUT2D eigenvalue weighted by Gasteiger charge is -2.09. The number of nitriles is 1. The van der Waals surface area contributed by atoms with E-state index in [9.17, 15) is 5.26 Å². The molecule has 0 atom stereocenters. The highest BCUT2D eigenvalue weighted by Gasteiger charge is 2.10. The summed E-state index contributed by atoms with van der Waals surface area (Å²) in [6.07, 6.45) is 1.65.